The van der Waals surface area contributed by atoms with Crippen LogP contribution in [0.3, 0.4) is 0 Å². The number of carbonyl (C=O) groups is 1. The minimum Gasteiger partial charge on any atom is -0.379 e. The first kappa shape index (κ1) is 16.3. The van der Waals surface area contributed by atoms with E-state index in [0.717, 1.165) is 18.7 Å². The molecule has 1 aromatic carbocycles. The highest BCUT2D eigenvalue weighted by atomic mass is 19.1. The number of nitrogens with zero attached hydrogens (tertiary/aromatic N) is 1. The molecule has 2 amide bonds. The lowest BCUT2D eigenvalue weighted by Gasteiger charge is -2.34. The number of morpholine rings is 1. The maximum absolute atomic E-state index is 13.5. The number of hydrogen-bond acceptors (Lipinski definition) is 3. The summed E-state index contributed by atoms with van der Waals surface area (Å²) in [5.41, 5.74) is 0.833. The van der Waals surface area contributed by atoms with Crippen LogP contribution in [0.2, 0.25) is 0 Å². The molecule has 1 aliphatic heterocycles. The van der Waals surface area contributed by atoms with Crippen molar-refractivity contribution in [3.05, 3.63) is 35.6 Å². The highest BCUT2D eigenvalue weighted by Crippen LogP contribution is 2.22. The van der Waals surface area contributed by atoms with Gasteiger partial charge >= 0.3 is 6.03 Å². The van der Waals surface area contributed by atoms with Crippen molar-refractivity contribution < 1.29 is 13.9 Å². The van der Waals surface area contributed by atoms with Crippen LogP contribution in [0.25, 0.3) is 0 Å². The third kappa shape index (κ3) is 4.72. The number of nitrogens with one attached hydrogen (secondary N) is 2. The number of benzene rings is 1. The summed E-state index contributed by atoms with van der Waals surface area (Å²) in [7, 11) is 0. The molecular formula is C16H20FN3O2. The number of rotatable bonds is 5. The molecule has 0 aliphatic carbocycles. The third-order valence-electron chi connectivity index (χ3n) is 3.53. The van der Waals surface area contributed by atoms with Gasteiger partial charge in [0.05, 0.1) is 25.8 Å². The molecule has 2 N–H and O–H groups in total. The standard InChI is InChI=1S/C16H20FN3O2/c1-2-6-18-16(21)19-12-15(20-7-9-22-10-8-20)13-4-3-5-14(17)11-13/h1,3-5,11,15H,6-10,12H2,(H2,18,19,21). The van der Waals surface area contributed by atoms with Crippen LogP contribution in [0, 0.1) is 18.2 Å². The maximum Gasteiger partial charge on any atom is 0.315 e. The zero-order chi connectivity index (χ0) is 15.8. The second-order valence-corrected chi connectivity index (χ2v) is 4.99. The molecule has 0 spiro atoms. The average molecular weight is 305 g/mol. The molecular weight excluding hydrogens is 285 g/mol. The molecule has 1 heterocycles. The van der Waals surface area contributed by atoms with Gasteiger partial charge in [-0.3, -0.25) is 4.90 Å². The fourth-order valence-electron chi connectivity index (χ4n) is 2.44. The van der Waals surface area contributed by atoms with Gasteiger partial charge in [-0.05, 0) is 17.7 Å². The van der Waals surface area contributed by atoms with E-state index in [1.165, 1.54) is 12.1 Å². The molecule has 22 heavy (non-hydrogen) atoms. The molecule has 1 atom stereocenters. The molecule has 1 fully saturated rings. The highest BCUT2D eigenvalue weighted by Gasteiger charge is 2.23. The van der Waals surface area contributed by atoms with Gasteiger partial charge in [-0.2, -0.15) is 0 Å². The van der Waals surface area contributed by atoms with Crippen LogP contribution in [0.1, 0.15) is 11.6 Å². The van der Waals surface area contributed by atoms with E-state index in [1.807, 2.05) is 6.07 Å². The van der Waals surface area contributed by atoms with Gasteiger partial charge in [0.25, 0.3) is 0 Å². The molecule has 0 bridgehead atoms. The van der Waals surface area contributed by atoms with Crippen molar-refractivity contribution in [2.75, 3.05) is 39.4 Å². The predicted molar refractivity (Wildman–Crippen MR) is 81.8 cm³/mol. The third-order valence-corrected chi connectivity index (χ3v) is 3.53. The fourth-order valence-corrected chi connectivity index (χ4v) is 2.44. The Morgan fingerprint density at radius 2 is 2.18 bits per heavy atom. The quantitative estimate of drug-likeness (QED) is 0.802. The zero-order valence-electron chi connectivity index (χ0n) is 12.3. The average Bonchev–Trinajstić information content (AvgIpc) is 2.54. The van der Waals surface area contributed by atoms with E-state index >= 15 is 0 Å². The summed E-state index contributed by atoms with van der Waals surface area (Å²) in [5.74, 6) is 2.06. The van der Waals surface area contributed by atoms with Crippen molar-refractivity contribution in [2.24, 2.45) is 0 Å². The summed E-state index contributed by atoms with van der Waals surface area (Å²) in [6, 6.07) is 6.03. The van der Waals surface area contributed by atoms with Crippen molar-refractivity contribution >= 4 is 6.03 Å². The predicted octanol–water partition coefficient (Wildman–Crippen LogP) is 1.13. The molecule has 1 unspecified atom stereocenters. The Morgan fingerprint density at radius 1 is 1.41 bits per heavy atom. The Kier molecular flexibility index (Phi) is 6.19. The van der Waals surface area contributed by atoms with Crippen LogP contribution < -0.4 is 10.6 Å². The minimum atomic E-state index is -0.326. The number of carbonyl (C=O) groups excluding carboxylic acids is 1. The van der Waals surface area contributed by atoms with Gasteiger partial charge < -0.3 is 15.4 Å². The second-order valence-electron chi connectivity index (χ2n) is 4.99. The second kappa shape index (κ2) is 8.37. The number of ether oxygens (including phenoxy) is 1. The number of halogens is 1. The molecule has 118 valence electrons. The van der Waals surface area contributed by atoms with Gasteiger partial charge in [-0.25, -0.2) is 9.18 Å². The zero-order valence-corrected chi connectivity index (χ0v) is 12.3. The van der Waals surface area contributed by atoms with Crippen LogP contribution in [0.15, 0.2) is 24.3 Å². The van der Waals surface area contributed by atoms with Crippen LogP contribution >= 0.6 is 0 Å². The van der Waals surface area contributed by atoms with E-state index in [2.05, 4.69) is 21.5 Å². The van der Waals surface area contributed by atoms with Crippen LogP contribution in [-0.2, 0) is 4.74 Å². The Balaban J connectivity index is 2.04. The van der Waals surface area contributed by atoms with E-state index < -0.39 is 0 Å². The lowest BCUT2D eigenvalue weighted by atomic mass is 10.0. The van der Waals surface area contributed by atoms with Gasteiger partial charge in [0.1, 0.15) is 5.82 Å². The van der Waals surface area contributed by atoms with E-state index in [9.17, 15) is 9.18 Å². The van der Waals surface area contributed by atoms with Gasteiger partial charge in [0.15, 0.2) is 0 Å². The van der Waals surface area contributed by atoms with Crippen molar-refractivity contribution in [3.63, 3.8) is 0 Å². The lowest BCUT2D eigenvalue weighted by molar-refractivity contribution is 0.0166. The van der Waals surface area contributed by atoms with Crippen molar-refractivity contribution in [1.82, 2.24) is 15.5 Å². The Morgan fingerprint density at radius 3 is 2.86 bits per heavy atom. The highest BCUT2D eigenvalue weighted by molar-refractivity contribution is 5.74. The smallest absolute Gasteiger partial charge is 0.315 e. The molecule has 6 heteroatoms. The summed E-state index contributed by atoms with van der Waals surface area (Å²) in [5, 5.41) is 5.33. The first-order chi connectivity index (χ1) is 10.7. The Hall–Kier alpha value is -2.10. The van der Waals surface area contributed by atoms with E-state index in [0.29, 0.717) is 19.8 Å². The van der Waals surface area contributed by atoms with Gasteiger partial charge in [0.2, 0.25) is 0 Å². The molecule has 1 saturated heterocycles. The van der Waals surface area contributed by atoms with Crippen molar-refractivity contribution in [3.8, 4) is 12.3 Å². The van der Waals surface area contributed by atoms with Crippen LogP contribution in [0.4, 0.5) is 9.18 Å². The van der Waals surface area contributed by atoms with E-state index in [4.69, 9.17) is 11.2 Å². The first-order valence-corrected chi connectivity index (χ1v) is 7.23. The molecule has 0 aromatic heterocycles. The number of urea groups is 1. The Bertz CT molecular complexity index is 538. The topological polar surface area (TPSA) is 53.6 Å². The number of amides is 2. The molecule has 1 aliphatic rings. The SMILES string of the molecule is C#CCNC(=O)NCC(c1cccc(F)c1)N1CCOCC1. The lowest BCUT2D eigenvalue weighted by Crippen LogP contribution is -2.45. The molecule has 1 aromatic rings. The normalized spacial score (nSPS) is 16.5. The largest absolute Gasteiger partial charge is 0.379 e. The van der Waals surface area contributed by atoms with Gasteiger partial charge in [0, 0.05) is 19.6 Å². The summed E-state index contributed by atoms with van der Waals surface area (Å²) in [4.78, 5) is 13.8. The number of hydrogen-bond donors (Lipinski definition) is 2. The van der Waals surface area contributed by atoms with E-state index in [-0.39, 0.29) is 24.4 Å². The summed E-state index contributed by atoms with van der Waals surface area (Å²) < 4.78 is 18.8. The monoisotopic (exact) mass is 305 g/mol. The van der Waals surface area contributed by atoms with Gasteiger partial charge in [-0.1, -0.05) is 18.1 Å². The molecule has 2 rings (SSSR count). The van der Waals surface area contributed by atoms with Gasteiger partial charge in [-0.15, -0.1) is 6.42 Å². The van der Waals surface area contributed by atoms with Crippen molar-refractivity contribution in [1.29, 1.82) is 0 Å². The first-order valence-electron chi connectivity index (χ1n) is 7.23. The molecule has 5 nitrogen and oxygen atoms in total. The Labute approximate surface area is 129 Å². The summed E-state index contributed by atoms with van der Waals surface area (Å²) in [6.07, 6.45) is 5.10. The maximum atomic E-state index is 13.5. The summed E-state index contributed by atoms with van der Waals surface area (Å²) in [6.45, 7) is 3.31. The van der Waals surface area contributed by atoms with Crippen molar-refractivity contribution in [2.45, 2.75) is 6.04 Å². The fraction of sp³-hybridized carbons (Fsp3) is 0.438. The van der Waals surface area contributed by atoms with E-state index in [1.54, 1.807) is 6.07 Å². The van der Waals surface area contributed by atoms with Crippen LogP contribution in [-0.4, -0.2) is 50.3 Å². The number of terminal acetylenes is 1. The molecule has 0 radical (unpaired) electrons. The summed E-state index contributed by atoms with van der Waals surface area (Å²) >= 11 is 0. The molecule has 0 saturated carbocycles. The van der Waals surface area contributed by atoms with Crippen LogP contribution in [0.5, 0.6) is 0 Å². The minimum absolute atomic E-state index is 0.101.